The molecule has 0 heterocycles. The van der Waals surface area contributed by atoms with Gasteiger partial charge in [0.2, 0.25) is 0 Å². The van der Waals surface area contributed by atoms with Gasteiger partial charge in [-0.25, -0.2) is 4.39 Å². The maximum atomic E-state index is 13.3. The van der Waals surface area contributed by atoms with E-state index in [1.807, 2.05) is 11.8 Å². The van der Waals surface area contributed by atoms with Gasteiger partial charge in [-0.15, -0.1) is 0 Å². The molecule has 0 aromatic heterocycles. The Morgan fingerprint density at radius 2 is 2.00 bits per heavy atom. The predicted octanol–water partition coefficient (Wildman–Crippen LogP) is 2.87. The second-order valence-corrected chi connectivity index (χ2v) is 6.01. The lowest BCUT2D eigenvalue weighted by molar-refractivity contribution is -0.139. The zero-order valence-electron chi connectivity index (χ0n) is 13.2. The second-order valence-electron chi connectivity index (χ2n) is 6.01. The van der Waals surface area contributed by atoms with Crippen molar-refractivity contribution >= 4 is 5.97 Å². The lowest BCUT2D eigenvalue weighted by Crippen LogP contribution is -2.53. The highest BCUT2D eigenvalue weighted by Crippen LogP contribution is 2.31. The molecule has 1 aromatic carbocycles. The van der Waals surface area contributed by atoms with Gasteiger partial charge in [0.25, 0.3) is 0 Å². The van der Waals surface area contributed by atoms with E-state index in [1.165, 1.54) is 0 Å². The van der Waals surface area contributed by atoms with Crippen LogP contribution in [0.4, 0.5) is 17.6 Å². The molecule has 134 valence electrons. The molecule has 2 rings (SSSR count). The number of carboxylic acids is 1. The number of likely N-dealkylation sites (N-methyl/N-ethyl adjacent to an activating group) is 1. The zero-order chi connectivity index (χ0) is 17.9. The topological polar surface area (TPSA) is 52.6 Å². The van der Waals surface area contributed by atoms with E-state index < -0.39 is 23.5 Å². The Kier molecular flexibility index (Phi) is 5.82. The molecule has 0 aliphatic heterocycles. The largest absolute Gasteiger partial charge is 0.480 e. The Balaban J connectivity index is 1.86. The molecule has 1 aromatic rings. The van der Waals surface area contributed by atoms with Gasteiger partial charge in [-0.3, -0.25) is 9.69 Å². The van der Waals surface area contributed by atoms with Crippen molar-refractivity contribution in [2.75, 3.05) is 13.1 Å². The van der Waals surface area contributed by atoms with Crippen LogP contribution in [-0.4, -0.2) is 41.1 Å². The molecular formula is C16H20F4N2O2. The molecule has 1 aliphatic carbocycles. The number of halogens is 4. The number of alkyl halides is 3. The summed E-state index contributed by atoms with van der Waals surface area (Å²) in [4.78, 5) is 12.6. The lowest BCUT2D eigenvalue weighted by atomic mass is 9.85. The minimum Gasteiger partial charge on any atom is -0.480 e. The molecule has 0 spiro atoms. The highest BCUT2D eigenvalue weighted by molar-refractivity contribution is 5.69. The van der Waals surface area contributed by atoms with Crippen LogP contribution in [0, 0.1) is 5.82 Å². The van der Waals surface area contributed by atoms with Crippen LogP contribution in [0.15, 0.2) is 18.2 Å². The fourth-order valence-electron chi connectivity index (χ4n) is 2.90. The number of carboxylic acid groups (broad SMARTS) is 1. The molecule has 1 aliphatic rings. The fourth-order valence-corrected chi connectivity index (χ4v) is 2.90. The first kappa shape index (κ1) is 18.7. The second kappa shape index (κ2) is 7.48. The number of benzene rings is 1. The average molecular weight is 348 g/mol. The van der Waals surface area contributed by atoms with Gasteiger partial charge < -0.3 is 10.4 Å². The van der Waals surface area contributed by atoms with E-state index >= 15 is 0 Å². The molecule has 0 amide bonds. The molecule has 1 fully saturated rings. The van der Waals surface area contributed by atoms with Crippen LogP contribution in [0.25, 0.3) is 0 Å². The minimum absolute atomic E-state index is 0.0211. The highest BCUT2D eigenvalue weighted by Gasteiger charge is 2.34. The Bertz CT molecular complexity index is 586. The van der Waals surface area contributed by atoms with E-state index in [0.717, 1.165) is 25.0 Å². The third-order valence-electron chi connectivity index (χ3n) is 4.25. The number of aliphatic carboxylic acids is 1. The van der Waals surface area contributed by atoms with Gasteiger partial charge in [-0.2, -0.15) is 13.2 Å². The standard InChI is InChI=1S/C16H20F4N2O2/c1-2-22(9-15(23)24)14-6-13(7-14)21-8-10-3-11(16(18,19)20)5-12(17)4-10/h3-5,13-14,21H,2,6-9H2,1H3,(H,23,24). The Hall–Kier alpha value is -1.67. The van der Waals surface area contributed by atoms with Gasteiger partial charge in [-0.05, 0) is 43.1 Å². The molecule has 1 saturated carbocycles. The molecule has 0 unspecified atom stereocenters. The molecule has 24 heavy (non-hydrogen) atoms. The molecule has 0 atom stereocenters. The summed E-state index contributed by atoms with van der Waals surface area (Å²) in [5.41, 5.74) is -0.756. The summed E-state index contributed by atoms with van der Waals surface area (Å²) in [5, 5.41) is 11.9. The van der Waals surface area contributed by atoms with Crippen molar-refractivity contribution in [1.29, 1.82) is 0 Å². The number of carbonyl (C=O) groups is 1. The predicted molar refractivity (Wildman–Crippen MR) is 79.9 cm³/mol. The van der Waals surface area contributed by atoms with E-state index in [9.17, 15) is 22.4 Å². The first-order chi connectivity index (χ1) is 11.2. The maximum absolute atomic E-state index is 13.3. The SMILES string of the molecule is CCN(CC(=O)O)C1CC(NCc2cc(F)cc(C(F)(F)F)c2)C1. The maximum Gasteiger partial charge on any atom is 0.416 e. The van der Waals surface area contributed by atoms with E-state index in [-0.39, 0.29) is 30.7 Å². The Morgan fingerprint density at radius 1 is 1.33 bits per heavy atom. The minimum atomic E-state index is -4.57. The van der Waals surface area contributed by atoms with Crippen LogP contribution in [-0.2, 0) is 17.5 Å². The third-order valence-corrected chi connectivity index (χ3v) is 4.25. The van der Waals surface area contributed by atoms with Crippen LogP contribution >= 0.6 is 0 Å². The summed E-state index contributed by atoms with van der Waals surface area (Å²) in [6.45, 7) is 2.63. The molecule has 4 nitrogen and oxygen atoms in total. The first-order valence-electron chi connectivity index (χ1n) is 7.75. The van der Waals surface area contributed by atoms with Crippen LogP contribution < -0.4 is 5.32 Å². The van der Waals surface area contributed by atoms with E-state index in [0.29, 0.717) is 12.6 Å². The lowest BCUT2D eigenvalue weighted by Gasteiger charge is -2.42. The van der Waals surface area contributed by atoms with Crippen LogP contribution in [0.1, 0.15) is 30.9 Å². The van der Waals surface area contributed by atoms with Crippen molar-refractivity contribution in [2.45, 2.75) is 44.6 Å². The molecule has 0 radical (unpaired) electrons. The smallest absolute Gasteiger partial charge is 0.416 e. The van der Waals surface area contributed by atoms with E-state index in [2.05, 4.69) is 5.32 Å². The molecular weight excluding hydrogens is 328 g/mol. The van der Waals surface area contributed by atoms with Crippen LogP contribution in [0.2, 0.25) is 0 Å². The van der Waals surface area contributed by atoms with Gasteiger partial charge >= 0.3 is 12.1 Å². The number of hydrogen-bond donors (Lipinski definition) is 2. The van der Waals surface area contributed by atoms with E-state index in [1.54, 1.807) is 0 Å². The van der Waals surface area contributed by atoms with Crippen molar-refractivity contribution in [3.05, 3.63) is 35.1 Å². The first-order valence-corrected chi connectivity index (χ1v) is 7.75. The van der Waals surface area contributed by atoms with Gasteiger partial charge in [0.05, 0.1) is 12.1 Å². The summed E-state index contributed by atoms with van der Waals surface area (Å²) >= 11 is 0. The van der Waals surface area contributed by atoms with Gasteiger partial charge in [-0.1, -0.05) is 6.92 Å². The van der Waals surface area contributed by atoms with Crippen LogP contribution in [0.3, 0.4) is 0 Å². The summed E-state index contributed by atoms with van der Waals surface area (Å²) in [6.07, 6.45) is -3.12. The number of rotatable bonds is 7. The van der Waals surface area contributed by atoms with Gasteiger partial charge in [0.15, 0.2) is 0 Å². The molecule has 2 N–H and O–H groups in total. The van der Waals surface area contributed by atoms with Crippen molar-refractivity contribution in [3.63, 3.8) is 0 Å². The average Bonchev–Trinajstić information content (AvgIpc) is 2.42. The normalized spacial score (nSPS) is 20.9. The third kappa shape index (κ3) is 4.91. The van der Waals surface area contributed by atoms with Crippen molar-refractivity contribution in [3.8, 4) is 0 Å². The Morgan fingerprint density at radius 3 is 2.54 bits per heavy atom. The van der Waals surface area contributed by atoms with Gasteiger partial charge in [0, 0.05) is 18.6 Å². The van der Waals surface area contributed by atoms with Crippen molar-refractivity contribution < 1.29 is 27.5 Å². The molecule has 0 bridgehead atoms. The number of nitrogens with zero attached hydrogens (tertiary/aromatic N) is 1. The van der Waals surface area contributed by atoms with Crippen LogP contribution in [0.5, 0.6) is 0 Å². The van der Waals surface area contributed by atoms with E-state index in [4.69, 9.17) is 5.11 Å². The summed E-state index contributed by atoms with van der Waals surface area (Å²) in [7, 11) is 0. The quantitative estimate of drug-likeness (QED) is 0.744. The summed E-state index contributed by atoms with van der Waals surface area (Å²) < 4.78 is 51.3. The zero-order valence-corrected chi connectivity index (χ0v) is 13.2. The molecule has 8 heteroatoms. The van der Waals surface area contributed by atoms with Gasteiger partial charge in [0.1, 0.15) is 5.82 Å². The number of nitrogens with one attached hydrogen (secondary N) is 1. The fraction of sp³-hybridized carbons (Fsp3) is 0.562. The summed E-state index contributed by atoms with van der Waals surface area (Å²) in [6, 6.07) is 2.75. The monoisotopic (exact) mass is 348 g/mol. The molecule has 0 saturated heterocycles. The Labute approximate surface area is 137 Å². The summed E-state index contributed by atoms with van der Waals surface area (Å²) in [5.74, 6) is -1.79. The highest BCUT2D eigenvalue weighted by atomic mass is 19.4. The number of hydrogen-bond acceptors (Lipinski definition) is 3. The van der Waals surface area contributed by atoms with Crippen molar-refractivity contribution in [2.24, 2.45) is 0 Å². The van der Waals surface area contributed by atoms with Crippen molar-refractivity contribution in [1.82, 2.24) is 10.2 Å².